The number of carboxylic acids is 1. The van der Waals surface area contributed by atoms with Crippen LogP contribution < -0.4 is 11.1 Å². The van der Waals surface area contributed by atoms with Crippen LogP contribution in [0.25, 0.3) is 0 Å². The number of hydrogen-bond acceptors (Lipinski definition) is 6. The molecule has 0 aliphatic rings. The first-order valence-corrected chi connectivity index (χ1v) is 5.94. The van der Waals surface area contributed by atoms with Crippen molar-refractivity contribution in [2.45, 2.75) is 0 Å². The average Bonchev–Trinajstić information content (AvgIpc) is 2.38. The second kappa shape index (κ2) is 7.55. The minimum absolute atomic E-state index is 0.0836. The molecule has 7 heteroatoms. The number of rotatable bonds is 8. The summed E-state index contributed by atoms with van der Waals surface area (Å²) in [6, 6.07) is 1.40. The highest BCUT2D eigenvalue weighted by molar-refractivity contribution is 5.89. The Morgan fingerprint density at radius 2 is 2.32 bits per heavy atom. The van der Waals surface area contributed by atoms with Crippen molar-refractivity contribution in [3.05, 3.63) is 17.8 Å². The number of carbonyl (C=O) groups is 1. The Hall–Kier alpha value is -1.86. The van der Waals surface area contributed by atoms with Gasteiger partial charge in [-0.05, 0) is 13.1 Å². The number of nitrogens with one attached hydrogen (secondary N) is 1. The number of methoxy groups -OCH3 is 1. The molecule has 0 atom stereocenters. The third-order valence-electron chi connectivity index (χ3n) is 2.63. The van der Waals surface area contributed by atoms with Crippen LogP contribution in [-0.4, -0.2) is 61.4 Å². The van der Waals surface area contributed by atoms with Gasteiger partial charge in [-0.25, -0.2) is 9.78 Å². The van der Waals surface area contributed by atoms with Gasteiger partial charge >= 0.3 is 5.97 Å². The fourth-order valence-corrected chi connectivity index (χ4v) is 1.47. The maximum atomic E-state index is 10.7. The molecule has 0 fully saturated rings. The lowest BCUT2D eigenvalue weighted by Gasteiger charge is -2.16. The Labute approximate surface area is 112 Å². The van der Waals surface area contributed by atoms with Gasteiger partial charge in [0, 0.05) is 32.9 Å². The van der Waals surface area contributed by atoms with Gasteiger partial charge < -0.3 is 25.8 Å². The molecule has 0 radical (unpaired) electrons. The Balaban J connectivity index is 2.43. The summed E-state index contributed by atoms with van der Waals surface area (Å²) in [7, 11) is 3.66. The lowest BCUT2D eigenvalue weighted by Crippen LogP contribution is -2.28. The highest BCUT2D eigenvalue weighted by Gasteiger charge is 2.07. The first-order chi connectivity index (χ1) is 9.04. The lowest BCUT2D eigenvalue weighted by molar-refractivity contribution is 0.0696. The highest BCUT2D eigenvalue weighted by Crippen LogP contribution is 2.15. The Morgan fingerprint density at radius 3 is 2.89 bits per heavy atom. The van der Waals surface area contributed by atoms with Crippen LogP contribution in [0.4, 0.5) is 11.5 Å². The monoisotopic (exact) mass is 268 g/mol. The van der Waals surface area contributed by atoms with E-state index in [9.17, 15) is 4.79 Å². The van der Waals surface area contributed by atoms with E-state index < -0.39 is 5.97 Å². The molecule has 1 rings (SSSR count). The molecule has 0 saturated heterocycles. The standard InChI is InChI=1S/C12H20N4O3/c1-16(5-6-19-2)4-3-14-11-10(13)7-9(8-15-11)12(17)18/h7-8H,3-6,13H2,1-2H3,(H,14,15)(H,17,18). The normalized spacial score (nSPS) is 10.7. The number of aromatic nitrogens is 1. The summed E-state index contributed by atoms with van der Waals surface area (Å²) in [5.41, 5.74) is 6.15. The molecular weight excluding hydrogens is 248 g/mol. The summed E-state index contributed by atoms with van der Waals surface area (Å²) in [6.07, 6.45) is 1.29. The molecule has 0 unspecified atom stereocenters. The average molecular weight is 268 g/mol. The van der Waals surface area contributed by atoms with Crippen LogP contribution in [-0.2, 0) is 4.74 Å². The van der Waals surface area contributed by atoms with Crippen LogP contribution in [0.15, 0.2) is 12.3 Å². The molecular formula is C12H20N4O3. The van der Waals surface area contributed by atoms with Crippen molar-refractivity contribution in [2.24, 2.45) is 0 Å². The molecule has 0 saturated carbocycles. The van der Waals surface area contributed by atoms with E-state index in [0.717, 1.165) is 13.1 Å². The van der Waals surface area contributed by atoms with Crippen LogP contribution in [0.3, 0.4) is 0 Å². The molecule has 0 aliphatic heterocycles. The van der Waals surface area contributed by atoms with Crippen molar-refractivity contribution < 1.29 is 14.6 Å². The molecule has 0 aliphatic carbocycles. The van der Waals surface area contributed by atoms with Gasteiger partial charge in [-0.15, -0.1) is 0 Å². The van der Waals surface area contributed by atoms with E-state index in [1.54, 1.807) is 7.11 Å². The van der Waals surface area contributed by atoms with Gasteiger partial charge in [-0.2, -0.15) is 0 Å². The maximum Gasteiger partial charge on any atom is 0.337 e. The van der Waals surface area contributed by atoms with E-state index >= 15 is 0 Å². The van der Waals surface area contributed by atoms with Gasteiger partial charge in [0.1, 0.15) is 5.82 Å². The molecule has 0 bridgehead atoms. The topological polar surface area (TPSA) is 101 Å². The Bertz CT molecular complexity index is 425. The first kappa shape index (κ1) is 15.2. The third kappa shape index (κ3) is 5.11. The highest BCUT2D eigenvalue weighted by atomic mass is 16.5. The van der Waals surface area contributed by atoms with Gasteiger partial charge in [-0.1, -0.05) is 0 Å². The second-order valence-electron chi connectivity index (χ2n) is 4.19. The van der Waals surface area contributed by atoms with Crippen LogP contribution in [0.1, 0.15) is 10.4 Å². The van der Waals surface area contributed by atoms with Crippen LogP contribution in [0, 0.1) is 0 Å². The number of carboxylic acid groups (broad SMARTS) is 1. The molecule has 0 aromatic carbocycles. The fourth-order valence-electron chi connectivity index (χ4n) is 1.47. The zero-order valence-corrected chi connectivity index (χ0v) is 11.2. The Kier molecular flexibility index (Phi) is 6.04. The number of pyridine rings is 1. The molecule has 7 nitrogen and oxygen atoms in total. The molecule has 1 aromatic rings. The summed E-state index contributed by atoms with van der Waals surface area (Å²) < 4.78 is 4.98. The van der Waals surface area contributed by atoms with Crippen molar-refractivity contribution in [1.82, 2.24) is 9.88 Å². The molecule has 106 valence electrons. The van der Waals surface area contributed by atoms with Gasteiger partial charge in [0.05, 0.1) is 17.9 Å². The zero-order chi connectivity index (χ0) is 14.3. The van der Waals surface area contributed by atoms with Gasteiger partial charge in [0.15, 0.2) is 0 Å². The van der Waals surface area contributed by atoms with Crippen LogP contribution in [0.2, 0.25) is 0 Å². The predicted octanol–water partition coefficient (Wildman–Crippen LogP) is 0.352. The number of nitrogens with zero attached hydrogens (tertiary/aromatic N) is 2. The third-order valence-corrected chi connectivity index (χ3v) is 2.63. The lowest BCUT2D eigenvalue weighted by atomic mass is 10.2. The van der Waals surface area contributed by atoms with E-state index in [4.69, 9.17) is 15.6 Å². The van der Waals surface area contributed by atoms with E-state index in [1.165, 1.54) is 12.3 Å². The SMILES string of the molecule is COCCN(C)CCNc1ncc(C(=O)O)cc1N. The van der Waals surface area contributed by atoms with Crippen molar-refractivity contribution in [3.8, 4) is 0 Å². The quantitative estimate of drug-likeness (QED) is 0.625. The van der Waals surface area contributed by atoms with E-state index in [0.29, 0.717) is 24.7 Å². The summed E-state index contributed by atoms with van der Waals surface area (Å²) in [5, 5.41) is 11.9. The van der Waals surface area contributed by atoms with E-state index in [1.807, 2.05) is 7.05 Å². The molecule has 0 spiro atoms. The number of aromatic carboxylic acids is 1. The van der Waals surface area contributed by atoms with Crippen molar-refractivity contribution in [3.63, 3.8) is 0 Å². The van der Waals surface area contributed by atoms with Crippen LogP contribution >= 0.6 is 0 Å². The summed E-state index contributed by atoms with van der Waals surface area (Å²) in [6.45, 7) is 3.01. The van der Waals surface area contributed by atoms with E-state index in [2.05, 4.69) is 15.2 Å². The largest absolute Gasteiger partial charge is 0.478 e. The molecule has 1 heterocycles. The van der Waals surface area contributed by atoms with Gasteiger partial charge in [0.2, 0.25) is 0 Å². The summed E-state index contributed by atoms with van der Waals surface area (Å²) >= 11 is 0. The first-order valence-electron chi connectivity index (χ1n) is 5.94. The summed E-state index contributed by atoms with van der Waals surface area (Å²) in [5.74, 6) is -0.532. The number of anilines is 2. The smallest absolute Gasteiger partial charge is 0.337 e. The summed E-state index contributed by atoms with van der Waals surface area (Å²) in [4.78, 5) is 16.8. The van der Waals surface area contributed by atoms with Crippen molar-refractivity contribution in [2.75, 3.05) is 51.4 Å². The maximum absolute atomic E-state index is 10.7. The minimum Gasteiger partial charge on any atom is -0.478 e. The number of likely N-dealkylation sites (N-methyl/N-ethyl adjacent to an activating group) is 1. The van der Waals surface area contributed by atoms with Crippen molar-refractivity contribution in [1.29, 1.82) is 0 Å². The molecule has 0 amide bonds. The van der Waals surface area contributed by atoms with Gasteiger partial charge in [0.25, 0.3) is 0 Å². The zero-order valence-electron chi connectivity index (χ0n) is 11.2. The van der Waals surface area contributed by atoms with Crippen LogP contribution in [0.5, 0.6) is 0 Å². The van der Waals surface area contributed by atoms with Gasteiger partial charge in [-0.3, -0.25) is 0 Å². The second-order valence-corrected chi connectivity index (χ2v) is 4.19. The van der Waals surface area contributed by atoms with Crippen molar-refractivity contribution >= 4 is 17.5 Å². The predicted molar refractivity (Wildman–Crippen MR) is 73.5 cm³/mol. The van der Waals surface area contributed by atoms with E-state index in [-0.39, 0.29) is 5.56 Å². The molecule has 4 N–H and O–H groups in total. The number of nitrogen functional groups attached to an aromatic ring is 1. The number of hydrogen-bond donors (Lipinski definition) is 3. The Morgan fingerprint density at radius 1 is 1.58 bits per heavy atom. The molecule has 1 aromatic heterocycles. The minimum atomic E-state index is -1.04. The fraction of sp³-hybridized carbons (Fsp3) is 0.500. The molecule has 19 heavy (non-hydrogen) atoms. The number of nitrogens with two attached hydrogens (primary N) is 1. The number of ether oxygens (including phenoxy) is 1.